The van der Waals surface area contributed by atoms with Gasteiger partial charge in [-0.15, -0.1) is 11.8 Å². The molecule has 1 aliphatic carbocycles. The van der Waals surface area contributed by atoms with Crippen molar-refractivity contribution < 1.29 is 4.39 Å². The van der Waals surface area contributed by atoms with Crippen LogP contribution in [-0.4, -0.2) is 11.3 Å². The zero-order valence-corrected chi connectivity index (χ0v) is 6.92. The molecule has 0 spiro atoms. The quantitative estimate of drug-likeness (QED) is 0.559. The summed E-state index contributed by atoms with van der Waals surface area (Å²) in [4.78, 5) is 0. The highest BCUT2D eigenvalue weighted by Crippen LogP contribution is 2.30. The van der Waals surface area contributed by atoms with Crippen LogP contribution < -0.4 is 0 Å². The minimum absolute atomic E-state index is 0.225. The lowest BCUT2D eigenvalue weighted by molar-refractivity contribution is 0.583. The number of thioether (sulfide) groups is 1. The van der Waals surface area contributed by atoms with Gasteiger partial charge in [0.25, 0.3) is 0 Å². The van der Waals surface area contributed by atoms with E-state index in [0.29, 0.717) is 5.25 Å². The maximum atomic E-state index is 11.8. The molecule has 0 aromatic heterocycles. The Morgan fingerprint density at radius 3 is 2.60 bits per heavy atom. The third-order valence-corrected chi connectivity index (χ3v) is 3.01. The van der Waals surface area contributed by atoms with Crippen LogP contribution in [0, 0.1) is 0 Å². The molecule has 1 rings (SSSR count). The van der Waals surface area contributed by atoms with Crippen molar-refractivity contribution in [3.05, 3.63) is 12.2 Å². The lowest BCUT2D eigenvalue weighted by atomic mass is 9.96. The van der Waals surface area contributed by atoms with Gasteiger partial charge in [-0.05, 0) is 25.7 Å². The van der Waals surface area contributed by atoms with Crippen LogP contribution in [0.5, 0.6) is 0 Å². The summed E-state index contributed by atoms with van der Waals surface area (Å²) in [5.41, 5.74) is 1.34. The van der Waals surface area contributed by atoms with Gasteiger partial charge in [-0.3, -0.25) is 0 Å². The summed E-state index contributed by atoms with van der Waals surface area (Å²) in [5, 5.41) is 0.565. The average Bonchev–Trinajstić information content (AvgIpc) is 1.95. The molecule has 58 valence electrons. The highest BCUT2D eigenvalue weighted by Gasteiger charge is 2.14. The first-order valence-electron chi connectivity index (χ1n) is 3.67. The predicted octanol–water partition coefficient (Wildman–Crippen LogP) is 3.15. The van der Waals surface area contributed by atoms with E-state index in [0.717, 1.165) is 25.7 Å². The van der Waals surface area contributed by atoms with Crippen molar-refractivity contribution >= 4 is 11.8 Å². The van der Waals surface area contributed by atoms with E-state index in [1.807, 2.05) is 0 Å². The first kappa shape index (κ1) is 8.12. The normalized spacial score (nSPS) is 21.5. The minimum Gasteiger partial charge on any atom is -0.239 e. The average molecular weight is 160 g/mol. The molecule has 0 saturated heterocycles. The van der Waals surface area contributed by atoms with Crippen molar-refractivity contribution in [2.45, 2.75) is 30.9 Å². The molecule has 0 atom stereocenters. The Morgan fingerprint density at radius 1 is 1.50 bits per heavy atom. The Labute approximate surface area is 65.9 Å². The lowest BCUT2D eigenvalue weighted by Gasteiger charge is -2.21. The van der Waals surface area contributed by atoms with Crippen molar-refractivity contribution in [1.82, 2.24) is 0 Å². The van der Waals surface area contributed by atoms with Crippen molar-refractivity contribution in [3.63, 3.8) is 0 Å². The van der Waals surface area contributed by atoms with Gasteiger partial charge in [0.15, 0.2) is 0 Å². The van der Waals surface area contributed by atoms with Gasteiger partial charge in [0.05, 0.1) is 0 Å². The molecule has 0 N–H and O–H groups in total. The molecule has 1 saturated carbocycles. The van der Waals surface area contributed by atoms with Crippen LogP contribution in [0.2, 0.25) is 0 Å². The highest BCUT2D eigenvalue weighted by atomic mass is 32.2. The van der Waals surface area contributed by atoms with Gasteiger partial charge in [0, 0.05) is 5.25 Å². The third kappa shape index (κ3) is 2.33. The summed E-state index contributed by atoms with van der Waals surface area (Å²) in [7, 11) is 0. The molecular weight excluding hydrogens is 147 g/mol. The number of allylic oxidation sites excluding steroid dienone is 1. The fourth-order valence-corrected chi connectivity index (χ4v) is 2.00. The molecule has 0 unspecified atom stereocenters. The second-order valence-electron chi connectivity index (χ2n) is 2.73. The topological polar surface area (TPSA) is 0 Å². The minimum atomic E-state index is -0.225. The van der Waals surface area contributed by atoms with E-state index in [-0.39, 0.29) is 6.01 Å². The third-order valence-electron chi connectivity index (χ3n) is 1.94. The number of rotatable bonds is 2. The Morgan fingerprint density at radius 2 is 2.10 bits per heavy atom. The van der Waals surface area contributed by atoms with Gasteiger partial charge >= 0.3 is 0 Å². The fourth-order valence-electron chi connectivity index (χ4n) is 1.26. The van der Waals surface area contributed by atoms with Crippen LogP contribution in [0.1, 0.15) is 25.7 Å². The summed E-state index contributed by atoms with van der Waals surface area (Å²) >= 11 is 1.45. The molecule has 0 aliphatic heterocycles. The van der Waals surface area contributed by atoms with Crippen LogP contribution in [-0.2, 0) is 0 Å². The first-order valence-corrected chi connectivity index (χ1v) is 4.72. The maximum absolute atomic E-state index is 11.8. The van der Waals surface area contributed by atoms with Crippen LogP contribution in [0.3, 0.4) is 0 Å². The van der Waals surface area contributed by atoms with Gasteiger partial charge in [-0.1, -0.05) is 12.2 Å². The number of alkyl halides is 1. The van der Waals surface area contributed by atoms with Crippen molar-refractivity contribution in [1.29, 1.82) is 0 Å². The van der Waals surface area contributed by atoms with E-state index >= 15 is 0 Å². The van der Waals surface area contributed by atoms with Gasteiger partial charge in [-0.25, -0.2) is 4.39 Å². The predicted molar refractivity (Wildman–Crippen MR) is 45.0 cm³/mol. The lowest BCUT2D eigenvalue weighted by Crippen LogP contribution is -2.09. The van der Waals surface area contributed by atoms with Crippen molar-refractivity contribution in [3.8, 4) is 0 Å². The molecule has 2 heteroatoms. The van der Waals surface area contributed by atoms with E-state index in [1.165, 1.54) is 17.3 Å². The zero-order valence-electron chi connectivity index (χ0n) is 6.11. The van der Waals surface area contributed by atoms with Crippen LogP contribution in [0.4, 0.5) is 4.39 Å². The molecule has 0 aromatic carbocycles. The van der Waals surface area contributed by atoms with E-state index in [9.17, 15) is 4.39 Å². The maximum Gasteiger partial charge on any atom is 0.135 e. The Bertz CT molecular complexity index is 112. The molecule has 0 heterocycles. The highest BCUT2D eigenvalue weighted by molar-refractivity contribution is 7.99. The van der Waals surface area contributed by atoms with Gasteiger partial charge < -0.3 is 0 Å². The summed E-state index contributed by atoms with van der Waals surface area (Å²) in [5.74, 6) is 0. The van der Waals surface area contributed by atoms with Crippen molar-refractivity contribution in [2.75, 3.05) is 6.01 Å². The molecule has 0 amide bonds. The van der Waals surface area contributed by atoms with Crippen LogP contribution in [0.15, 0.2) is 12.2 Å². The summed E-state index contributed by atoms with van der Waals surface area (Å²) < 4.78 is 11.8. The molecule has 0 bridgehead atoms. The van der Waals surface area contributed by atoms with Crippen LogP contribution in [0.25, 0.3) is 0 Å². The Kier molecular flexibility index (Phi) is 3.26. The monoisotopic (exact) mass is 160 g/mol. The SMILES string of the molecule is C=C1CCC(SCF)CC1. The first-order chi connectivity index (χ1) is 4.83. The Hall–Kier alpha value is 0.0200. The van der Waals surface area contributed by atoms with Gasteiger partial charge in [0.2, 0.25) is 0 Å². The molecule has 10 heavy (non-hydrogen) atoms. The van der Waals surface area contributed by atoms with Crippen LogP contribution >= 0.6 is 11.8 Å². The van der Waals surface area contributed by atoms with E-state index in [1.54, 1.807) is 0 Å². The molecule has 1 fully saturated rings. The number of halogens is 1. The number of hydrogen-bond donors (Lipinski definition) is 0. The molecule has 1 aliphatic rings. The fraction of sp³-hybridized carbons (Fsp3) is 0.750. The van der Waals surface area contributed by atoms with E-state index < -0.39 is 0 Å². The summed E-state index contributed by atoms with van der Waals surface area (Å²) in [6, 6.07) is -0.225. The summed E-state index contributed by atoms with van der Waals surface area (Å²) in [6.07, 6.45) is 4.48. The standard InChI is InChI=1S/C8H13FS/c1-7-2-4-8(5-3-7)10-6-9/h8H,1-6H2. The largest absolute Gasteiger partial charge is 0.239 e. The molecule has 0 radical (unpaired) electrons. The smallest absolute Gasteiger partial charge is 0.135 e. The van der Waals surface area contributed by atoms with Gasteiger partial charge in [-0.2, -0.15) is 0 Å². The summed E-state index contributed by atoms with van der Waals surface area (Å²) in [6.45, 7) is 3.91. The Balaban J connectivity index is 2.19. The van der Waals surface area contributed by atoms with E-state index in [2.05, 4.69) is 6.58 Å². The molecule has 0 nitrogen and oxygen atoms in total. The van der Waals surface area contributed by atoms with Crippen molar-refractivity contribution in [2.24, 2.45) is 0 Å². The zero-order chi connectivity index (χ0) is 7.40. The van der Waals surface area contributed by atoms with Gasteiger partial charge in [0.1, 0.15) is 6.01 Å². The second kappa shape index (κ2) is 4.02. The van der Waals surface area contributed by atoms with E-state index in [4.69, 9.17) is 0 Å². The molecule has 0 aromatic rings. The number of hydrogen-bond acceptors (Lipinski definition) is 1. The molecular formula is C8H13FS. The second-order valence-corrected chi connectivity index (χ2v) is 3.94.